The molecule has 0 radical (unpaired) electrons. The highest BCUT2D eigenvalue weighted by atomic mass is 35.5. The third kappa shape index (κ3) is 5.42. The van der Waals surface area contributed by atoms with E-state index >= 15 is 0 Å². The van der Waals surface area contributed by atoms with Gasteiger partial charge in [0.15, 0.2) is 0 Å². The number of nitrogens with one attached hydrogen (secondary N) is 1. The zero-order chi connectivity index (χ0) is 26.8. The van der Waals surface area contributed by atoms with Crippen molar-refractivity contribution in [1.29, 1.82) is 0 Å². The second-order valence-corrected chi connectivity index (χ2v) is 10.3. The van der Waals surface area contributed by atoms with Crippen molar-refractivity contribution < 1.29 is 22.8 Å². The quantitative estimate of drug-likeness (QED) is 0.440. The number of hydrogen-bond acceptors (Lipinski definition) is 3. The Bertz CT molecular complexity index is 1290. The average Bonchev–Trinajstić information content (AvgIpc) is 3.46. The molecule has 0 bridgehead atoms. The Labute approximate surface area is 224 Å². The molecular weight excluding hydrogens is 515 g/mol. The molecule has 198 valence electrons. The number of benzene rings is 3. The van der Waals surface area contributed by atoms with Gasteiger partial charge in [-0.05, 0) is 48.1 Å². The second kappa shape index (κ2) is 11.2. The first-order valence-electron chi connectivity index (χ1n) is 12.6. The molecule has 2 heterocycles. The Morgan fingerprint density at radius 1 is 0.816 bits per heavy atom. The van der Waals surface area contributed by atoms with Crippen LogP contribution in [0.2, 0.25) is 5.02 Å². The smallest absolute Gasteiger partial charge is 0.258 e. The minimum atomic E-state index is -0.905. The molecule has 0 aromatic heterocycles. The van der Waals surface area contributed by atoms with E-state index in [1.54, 1.807) is 4.90 Å². The van der Waals surface area contributed by atoms with E-state index in [-0.39, 0.29) is 28.3 Å². The van der Waals surface area contributed by atoms with Crippen LogP contribution in [-0.2, 0) is 0 Å². The van der Waals surface area contributed by atoms with Gasteiger partial charge in [0.25, 0.3) is 11.8 Å². The van der Waals surface area contributed by atoms with Gasteiger partial charge < -0.3 is 15.1 Å². The third-order valence-corrected chi connectivity index (χ3v) is 7.77. The van der Waals surface area contributed by atoms with Gasteiger partial charge in [0.2, 0.25) is 0 Å². The van der Waals surface area contributed by atoms with Crippen LogP contribution in [0.25, 0.3) is 0 Å². The van der Waals surface area contributed by atoms with Crippen molar-refractivity contribution in [3.05, 3.63) is 106 Å². The van der Waals surface area contributed by atoms with Gasteiger partial charge in [0.1, 0.15) is 23.0 Å². The Morgan fingerprint density at radius 2 is 1.39 bits per heavy atom. The van der Waals surface area contributed by atoms with Crippen LogP contribution in [0.1, 0.15) is 38.7 Å². The highest BCUT2D eigenvalue weighted by Crippen LogP contribution is 2.34. The van der Waals surface area contributed by atoms with Gasteiger partial charge in [0.05, 0.1) is 16.6 Å². The van der Waals surface area contributed by atoms with E-state index in [2.05, 4.69) is 10.2 Å². The number of nitrogens with zero attached hydrogens (tertiary/aromatic N) is 2. The number of likely N-dealkylation sites (tertiary alicyclic amines) is 2. The van der Waals surface area contributed by atoms with Crippen LogP contribution >= 0.6 is 11.6 Å². The molecule has 2 saturated heterocycles. The first-order chi connectivity index (χ1) is 18.3. The first-order valence-corrected chi connectivity index (χ1v) is 12.9. The molecule has 0 spiro atoms. The van der Waals surface area contributed by atoms with Crippen molar-refractivity contribution in [3.8, 4) is 0 Å². The molecule has 0 saturated carbocycles. The lowest BCUT2D eigenvalue weighted by molar-refractivity contribution is 0.0769. The van der Waals surface area contributed by atoms with E-state index in [1.165, 1.54) is 24.3 Å². The van der Waals surface area contributed by atoms with Crippen molar-refractivity contribution in [2.24, 2.45) is 11.8 Å². The molecule has 9 heteroatoms. The molecule has 3 aromatic rings. The highest BCUT2D eigenvalue weighted by Gasteiger charge is 2.42. The molecular formula is C29H27ClF3N3O2. The lowest BCUT2D eigenvalue weighted by Gasteiger charge is -2.25. The van der Waals surface area contributed by atoms with Crippen LogP contribution in [0.15, 0.2) is 66.7 Å². The minimum absolute atomic E-state index is 0.0845. The molecule has 2 fully saturated rings. The monoisotopic (exact) mass is 541 g/mol. The fourth-order valence-electron chi connectivity index (χ4n) is 5.56. The molecule has 2 aliphatic heterocycles. The second-order valence-electron chi connectivity index (χ2n) is 9.91. The summed E-state index contributed by atoms with van der Waals surface area (Å²) in [6.07, 6.45) is 0.540. The van der Waals surface area contributed by atoms with Crippen molar-refractivity contribution in [2.45, 2.75) is 12.5 Å². The largest absolute Gasteiger partial charge is 0.345 e. The maximum Gasteiger partial charge on any atom is 0.258 e. The topological polar surface area (TPSA) is 52.7 Å². The number of amides is 2. The predicted molar refractivity (Wildman–Crippen MR) is 138 cm³/mol. The van der Waals surface area contributed by atoms with E-state index in [0.29, 0.717) is 26.1 Å². The summed E-state index contributed by atoms with van der Waals surface area (Å²) in [5.41, 5.74) is 0.165. The Balaban J connectivity index is 1.21. The normalized spacial score (nSPS) is 19.8. The molecule has 2 amide bonds. The minimum Gasteiger partial charge on any atom is -0.345 e. The molecule has 3 aromatic carbocycles. The Hall–Kier alpha value is -3.36. The van der Waals surface area contributed by atoms with Crippen LogP contribution in [0.3, 0.4) is 0 Å². The van der Waals surface area contributed by atoms with Crippen LogP contribution in [0, 0.1) is 29.3 Å². The maximum absolute atomic E-state index is 14.3. The fraction of sp³-hybridized carbons (Fsp3) is 0.310. The van der Waals surface area contributed by atoms with Crippen LogP contribution < -0.4 is 5.32 Å². The van der Waals surface area contributed by atoms with Crippen LogP contribution in [0.5, 0.6) is 0 Å². The van der Waals surface area contributed by atoms with Crippen molar-refractivity contribution >= 4 is 23.4 Å². The number of carbonyl (C=O) groups excluding carboxylic acids is 2. The summed E-state index contributed by atoms with van der Waals surface area (Å²) >= 11 is 6.09. The van der Waals surface area contributed by atoms with E-state index < -0.39 is 35.0 Å². The number of hydrogen-bond donors (Lipinski definition) is 1. The van der Waals surface area contributed by atoms with Crippen molar-refractivity contribution in [2.75, 3.05) is 32.7 Å². The van der Waals surface area contributed by atoms with E-state index in [1.807, 2.05) is 30.3 Å². The Morgan fingerprint density at radius 3 is 2.00 bits per heavy atom. The Kier molecular flexibility index (Phi) is 7.72. The lowest BCUT2D eigenvalue weighted by atomic mass is 10.0. The summed E-state index contributed by atoms with van der Waals surface area (Å²) in [6.45, 7) is 3.22. The average molecular weight is 542 g/mol. The molecule has 1 N–H and O–H groups in total. The third-order valence-electron chi connectivity index (χ3n) is 7.46. The highest BCUT2D eigenvalue weighted by molar-refractivity contribution is 6.33. The summed E-state index contributed by atoms with van der Waals surface area (Å²) in [6, 6.07) is 16.4. The van der Waals surface area contributed by atoms with Crippen LogP contribution in [-0.4, -0.2) is 54.3 Å². The van der Waals surface area contributed by atoms with Gasteiger partial charge >= 0.3 is 0 Å². The lowest BCUT2D eigenvalue weighted by Crippen LogP contribution is -2.36. The van der Waals surface area contributed by atoms with E-state index in [0.717, 1.165) is 30.8 Å². The first kappa shape index (κ1) is 26.3. The zero-order valence-electron chi connectivity index (χ0n) is 20.5. The number of fused-ring (bicyclic) bond motifs is 1. The molecule has 5 nitrogen and oxygen atoms in total. The van der Waals surface area contributed by atoms with Gasteiger partial charge in [-0.1, -0.05) is 54.1 Å². The number of rotatable bonds is 7. The summed E-state index contributed by atoms with van der Waals surface area (Å²) in [7, 11) is 0. The van der Waals surface area contributed by atoms with Crippen molar-refractivity contribution in [3.63, 3.8) is 0 Å². The molecule has 38 heavy (non-hydrogen) atoms. The van der Waals surface area contributed by atoms with E-state index in [4.69, 9.17) is 11.6 Å². The number of halogens is 4. The molecule has 2 aliphatic rings. The van der Waals surface area contributed by atoms with Gasteiger partial charge in [-0.3, -0.25) is 9.59 Å². The van der Waals surface area contributed by atoms with Crippen molar-refractivity contribution in [1.82, 2.24) is 15.1 Å². The summed E-state index contributed by atoms with van der Waals surface area (Å²) < 4.78 is 42.6. The molecule has 5 rings (SSSR count). The summed E-state index contributed by atoms with van der Waals surface area (Å²) in [4.78, 5) is 29.7. The summed E-state index contributed by atoms with van der Waals surface area (Å²) in [5, 5.41) is 2.92. The SMILES string of the molecule is O=C(NC(CCN1CC2CN(C(=O)c3c(F)cccc3Cl)C[C@@H]2C1)c1ccccc1)c1c(F)cccc1F. The molecule has 0 aliphatic carbocycles. The van der Waals surface area contributed by atoms with Crippen LogP contribution in [0.4, 0.5) is 13.2 Å². The standard InChI is InChI=1S/C29H27ClF3N3O2/c30-21-8-4-9-22(31)26(21)29(38)36-16-19-14-35(15-20(19)17-36)13-12-25(18-6-2-1-3-7-18)34-28(37)27-23(32)10-5-11-24(27)33/h1-11,19-20,25H,12-17H2,(H,34,37)/t19-,20?,25?/m0/s1. The van der Waals surface area contributed by atoms with Gasteiger partial charge in [-0.15, -0.1) is 0 Å². The maximum atomic E-state index is 14.3. The van der Waals surface area contributed by atoms with Gasteiger partial charge in [0, 0.05) is 32.7 Å². The summed E-state index contributed by atoms with van der Waals surface area (Å²) in [5.74, 6) is -3.11. The zero-order valence-corrected chi connectivity index (χ0v) is 21.3. The molecule has 3 atom stereocenters. The number of carbonyl (C=O) groups is 2. The molecule has 2 unspecified atom stereocenters. The van der Waals surface area contributed by atoms with Gasteiger partial charge in [-0.2, -0.15) is 0 Å². The fourth-order valence-corrected chi connectivity index (χ4v) is 5.81. The van der Waals surface area contributed by atoms with Gasteiger partial charge in [-0.25, -0.2) is 13.2 Å². The predicted octanol–water partition coefficient (Wildman–Crippen LogP) is 5.32. The van der Waals surface area contributed by atoms with E-state index in [9.17, 15) is 22.8 Å².